The quantitative estimate of drug-likeness (QED) is 0.379. The lowest BCUT2D eigenvalue weighted by Gasteiger charge is -2.48. The Balaban J connectivity index is 1.53. The van der Waals surface area contributed by atoms with Crippen molar-refractivity contribution in [2.45, 2.75) is 37.4 Å². The number of carbonyl (C=O) groups is 1. The minimum Gasteiger partial charge on any atom is -0.507 e. The molecule has 39 heavy (non-hydrogen) atoms. The number of phenolic OH excluding ortho intramolecular Hbond substituents is 1. The van der Waals surface area contributed by atoms with E-state index < -0.39 is 35.1 Å². The van der Waals surface area contributed by atoms with Crippen LogP contribution >= 0.6 is 23.4 Å². The molecule has 1 atom stereocenters. The van der Waals surface area contributed by atoms with Gasteiger partial charge in [0.05, 0.1) is 40.4 Å². The molecule has 0 saturated carbocycles. The van der Waals surface area contributed by atoms with Crippen molar-refractivity contribution in [1.29, 1.82) is 0 Å². The molecule has 1 amide bonds. The van der Waals surface area contributed by atoms with E-state index in [9.17, 15) is 19.1 Å². The molecule has 4 heterocycles. The fourth-order valence-electron chi connectivity index (χ4n) is 5.37. The van der Waals surface area contributed by atoms with Crippen LogP contribution in [0.1, 0.15) is 20.8 Å². The van der Waals surface area contributed by atoms with Crippen LogP contribution in [0.5, 0.6) is 5.75 Å². The normalized spacial score (nSPS) is 18.3. The molecule has 0 spiro atoms. The van der Waals surface area contributed by atoms with Gasteiger partial charge in [0.25, 0.3) is 0 Å². The average Bonchev–Trinajstić information content (AvgIpc) is 3.28. The van der Waals surface area contributed by atoms with Crippen molar-refractivity contribution >= 4 is 57.7 Å². The summed E-state index contributed by atoms with van der Waals surface area (Å²) in [5, 5.41) is 11.1. The standard InChI is InChI=1S/C27H23ClF2N4O4S/c1-27(2,3)38-26(37)32-7-8-33-16(10-32)17(11-35)34-12-39-25-24(34)23(33)13-9-14(28)19(21(30)22(13)31-25)20-15(29)5-4-6-18(20)36/h4-6,9,16,36H,7-8,10,12H2,1-3H3/t16-/m1/s1. The van der Waals surface area contributed by atoms with Gasteiger partial charge in [0, 0.05) is 24.0 Å². The lowest BCUT2D eigenvalue weighted by molar-refractivity contribution is 0.0222. The van der Waals surface area contributed by atoms with Gasteiger partial charge in [0.1, 0.15) is 39.3 Å². The number of aromatic nitrogens is 1. The van der Waals surface area contributed by atoms with Crippen LogP contribution in [0.15, 0.2) is 35.0 Å². The molecular weight excluding hydrogens is 550 g/mol. The van der Waals surface area contributed by atoms with Crippen LogP contribution in [0.3, 0.4) is 0 Å². The Labute approximate surface area is 231 Å². The highest BCUT2D eigenvalue weighted by Gasteiger charge is 2.46. The lowest BCUT2D eigenvalue weighted by Crippen LogP contribution is -2.60. The maximum atomic E-state index is 16.2. The smallest absolute Gasteiger partial charge is 0.410 e. The molecule has 12 heteroatoms. The minimum absolute atomic E-state index is 0.0352. The number of hydrogen-bond donors (Lipinski definition) is 1. The van der Waals surface area contributed by atoms with Gasteiger partial charge in [-0.25, -0.2) is 23.4 Å². The van der Waals surface area contributed by atoms with Crippen molar-refractivity contribution in [3.8, 4) is 16.9 Å². The number of piperazine rings is 1. The fourth-order valence-corrected chi connectivity index (χ4v) is 6.67. The highest BCUT2D eigenvalue weighted by atomic mass is 35.5. The third-order valence-electron chi connectivity index (χ3n) is 6.96. The molecule has 3 aromatic rings. The van der Waals surface area contributed by atoms with Gasteiger partial charge >= 0.3 is 6.09 Å². The first-order valence-corrected chi connectivity index (χ1v) is 13.6. The van der Waals surface area contributed by atoms with E-state index >= 15 is 4.39 Å². The Kier molecular flexibility index (Phi) is 5.94. The predicted molar refractivity (Wildman–Crippen MR) is 145 cm³/mol. The summed E-state index contributed by atoms with van der Waals surface area (Å²) in [6.45, 7) is 6.14. The molecule has 6 rings (SSSR count). The van der Waals surface area contributed by atoms with Gasteiger partial charge < -0.3 is 24.5 Å². The van der Waals surface area contributed by atoms with Crippen LogP contribution in [-0.4, -0.2) is 64.2 Å². The summed E-state index contributed by atoms with van der Waals surface area (Å²) in [6, 6.07) is 4.64. The van der Waals surface area contributed by atoms with Crippen LogP contribution in [0.4, 0.5) is 25.0 Å². The Bertz CT molecular complexity index is 1600. The second kappa shape index (κ2) is 9.01. The second-order valence-corrected chi connectivity index (χ2v) is 11.9. The van der Waals surface area contributed by atoms with E-state index in [1.54, 1.807) is 30.6 Å². The van der Waals surface area contributed by atoms with Crippen molar-refractivity contribution in [1.82, 2.24) is 9.88 Å². The van der Waals surface area contributed by atoms with Crippen LogP contribution in [0, 0.1) is 11.6 Å². The topological polar surface area (TPSA) is 86.2 Å². The molecule has 0 aliphatic carbocycles. The summed E-state index contributed by atoms with van der Waals surface area (Å²) in [5.74, 6) is 0.279. The largest absolute Gasteiger partial charge is 0.507 e. The number of ether oxygens (including phenoxy) is 1. The van der Waals surface area contributed by atoms with Gasteiger partial charge in [-0.2, -0.15) is 0 Å². The number of amides is 1. The lowest BCUT2D eigenvalue weighted by atomic mass is 9.96. The Morgan fingerprint density at radius 3 is 2.69 bits per heavy atom. The van der Waals surface area contributed by atoms with Crippen molar-refractivity contribution in [2.75, 3.05) is 35.3 Å². The van der Waals surface area contributed by atoms with Crippen molar-refractivity contribution < 1.29 is 28.2 Å². The molecule has 0 bridgehead atoms. The van der Waals surface area contributed by atoms with E-state index in [1.165, 1.54) is 30.0 Å². The third-order valence-corrected chi connectivity index (χ3v) is 8.20. The monoisotopic (exact) mass is 572 g/mol. The molecular formula is C27H23ClF2N4O4S. The second-order valence-electron chi connectivity index (χ2n) is 10.5. The number of carbonyl (C=O) groups excluding carboxylic acids is 2. The van der Waals surface area contributed by atoms with Gasteiger partial charge in [0.2, 0.25) is 0 Å². The summed E-state index contributed by atoms with van der Waals surface area (Å²) in [7, 11) is 0. The Morgan fingerprint density at radius 2 is 2.00 bits per heavy atom. The first-order chi connectivity index (χ1) is 18.5. The van der Waals surface area contributed by atoms with Crippen molar-refractivity contribution in [3.05, 3.63) is 46.6 Å². The number of benzene rings is 2. The summed E-state index contributed by atoms with van der Waals surface area (Å²) < 4.78 is 36.4. The highest BCUT2D eigenvalue weighted by Crippen LogP contribution is 2.54. The van der Waals surface area contributed by atoms with Crippen LogP contribution < -0.4 is 9.80 Å². The maximum absolute atomic E-state index is 16.2. The molecule has 1 aromatic heterocycles. The van der Waals surface area contributed by atoms with Crippen LogP contribution in [-0.2, 0) is 9.53 Å². The number of nitrogens with zero attached hydrogens (tertiary/aromatic N) is 4. The van der Waals surface area contributed by atoms with Gasteiger partial charge in [-0.1, -0.05) is 29.4 Å². The number of hydrogen-bond acceptors (Lipinski definition) is 8. The molecule has 1 saturated heterocycles. The number of rotatable bonds is 1. The first kappa shape index (κ1) is 25.7. The van der Waals surface area contributed by atoms with Crippen molar-refractivity contribution in [2.24, 2.45) is 0 Å². The Hall–Kier alpha value is -3.53. The molecule has 0 unspecified atom stereocenters. The molecule has 1 N–H and O–H groups in total. The highest BCUT2D eigenvalue weighted by molar-refractivity contribution is 7.99. The SMILES string of the molecule is CC(C)(C)OC(=O)N1CCN2c3c4c(nc5c(F)c(-c6c(O)cccc6F)c(Cl)cc35)SCN4C(=C=O)[C@H]2C1. The summed E-state index contributed by atoms with van der Waals surface area (Å²) in [4.78, 5) is 34.9. The predicted octanol–water partition coefficient (Wildman–Crippen LogP) is 5.56. The molecule has 202 valence electrons. The van der Waals surface area contributed by atoms with E-state index in [-0.39, 0.29) is 28.2 Å². The van der Waals surface area contributed by atoms with E-state index in [1.807, 2.05) is 4.90 Å². The average molecular weight is 573 g/mol. The van der Waals surface area contributed by atoms with Crippen molar-refractivity contribution in [3.63, 3.8) is 0 Å². The van der Waals surface area contributed by atoms with Gasteiger partial charge in [-0.3, -0.25) is 0 Å². The van der Waals surface area contributed by atoms with E-state index in [0.29, 0.717) is 46.5 Å². The molecule has 8 nitrogen and oxygen atoms in total. The maximum Gasteiger partial charge on any atom is 0.410 e. The number of anilines is 2. The number of fused-ring (bicyclic) bond motifs is 4. The zero-order chi connectivity index (χ0) is 27.8. The summed E-state index contributed by atoms with van der Waals surface area (Å²) in [6.07, 6.45) is -0.488. The van der Waals surface area contributed by atoms with Gasteiger partial charge in [0.15, 0.2) is 5.82 Å². The van der Waals surface area contributed by atoms with Gasteiger partial charge in [-0.15, -0.1) is 0 Å². The first-order valence-electron chi connectivity index (χ1n) is 12.2. The molecule has 2 aromatic carbocycles. The summed E-state index contributed by atoms with van der Waals surface area (Å²) >= 11 is 7.89. The number of phenols is 1. The van der Waals surface area contributed by atoms with Crippen LogP contribution in [0.2, 0.25) is 5.02 Å². The molecule has 1 fully saturated rings. The molecule has 3 aliphatic heterocycles. The number of halogens is 3. The summed E-state index contributed by atoms with van der Waals surface area (Å²) in [5.41, 5.74) is 0.270. The Morgan fingerprint density at radius 1 is 1.23 bits per heavy atom. The van der Waals surface area contributed by atoms with E-state index in [0.717, 1.165) is 6.07 Å². The van der Waals surface area contributed by atoms with Gasteiger partial charge in [-0.05, 0) is 39.0 Å². The minimum atomic E-state index is -0.864. The third kappa shape index (κ3) is 3.99. The van der Waals surface area contributed by atoms with E-state index in [2.05, 4.69) is 10.9 Å². The zero-order valence-corrected chi connectivity index (χ0v) is 22.8. The number of aromatic hydroxyl groups is 1. The molecule has 3 aliphatic rings. The molecule has 0 radical (unpaired) electrons. The number of thioether (sulfide) groups is 1. The fraction of sp³-hybridized carbons (Fsp3) is 0.333. The number of pyridine rings is 1. The zero-order valence-electron chi connectivity index (χ0n) is 21.2. The van der Waals surface area contributed by atoms with Crippen LogP contribution in [0.25, 0.3) is 22.0 Å². The van der Waals surface area contributed by atoms with E-state index in [4.69, 9.17) is 16.3 Å².